The predicted molar refractivity (Wildman–Crippen MR) is 98.6 cm³/mol. The fourth-order valence-corrected chi connectivity index (χ4v) is 4.60. The summed E-state index contributed by atoms with van der Waals surface area (Å²) in [6.45, 7) is 7.11. The van der Waals surface area contributed by atoms with Crippen molar-refractivity contribution in [1.82, 2.24) is 10.2 Å². The van der Waals surface area contributed by atoms with Gasteiger partial charge in [0.1, 0.15) is 11.4 Å². The van der Waals surface area contributed by atoms with Gasteiger partial charge in [0.05, 0.1) is 5.92 Å². The Bertz CT molecular complexity index is 649. The third-order valence-corrected chi connectivity index (χ3v) is 5.88. The van der Waals surface area contributed by atoms with Gasteiger partial charge in [-0.25, -0.2) is 0 Å². The highest BCUT2D eigenvalue weighted by atomic mass is 16.5. The molecule has 0 radical (unpaired) electrons. The van der Waals surface area contributed by atoms with Gasteiger partial charge >= 0.3 is 0 Å². The highest BCUT2D eigenvalue weighted by molar-refractivity contribution is 5.79. The molecule has 1 aromatic rings. The molecule has 4 heteroatoms. The quantitative estimate of drug-likeness (QED) is 0.913. The van der Waals surface area contributed by atoms with Crippen LogP contribution < -0.4 is 10.1 Å². The van der Waals surface area contributed by atoms with Gasteiger partial charge in [0.15, 0.2) is 0 Å². The molecule has 1 N–H and O–H groups in total. The third kappa shape index (κ3) is 3.84. The molecule has 25 heavy (non-hydrogen) atoms. The number of ether oxygens (including phenoxy) is 1. The number of likely N-dealkylation sites (tertiary alicyclic amines) is 1. The number of benzene rings is 1. The van der Waals surface area contributed by atoms with E-state index in [0.717, 1.165) is 51.1 Å². The van der Waals surface area contributed by atoms with E-state index in [9.17, 15) is 4.79 Å². The molecule has 0 unspecified atom stereocenters. The number of rotatable bonds is 4. The van der Waals surface area contributed by atoms with E-state index in [1.807, 2.05) is 0 Å². The van der Waals surface area contributed by atoms with E-state index in [2.05, 4.69) is 42.3 Å². The summed E-state index contributed by atoms with van der Waals surface area (Å²) in [6, 6.07) is 7.00. The minimum atomic E-state index is -0.0853. The minimum absolute atomic E-state index is 0.0853. The second-order valence-corrected chi connectivity index (χ2v) is 8.69. The maximum absolute atomic E-state index is 12.5. The zero-order valence-electron chi connectivity index (χ0n) is 15.5. The molecule has 4 rings (SSSR count). The SMILES string of the molecule is CC1(C)Cc2cc(CN3CC[C@@H](C(=O)NC4CCCC4)C3)ccc2O1. The number of nitrogens with zero attached hydrogens (tertiary/aromatic N) is 1. The lowest BCUT2D eigenvalue weighted by molar-refractivity contribution is -0.125. The Labute approximate surface area is 150 Å². The van der Waals surface area contributed by atoms with E-state index in [1.54, 1.807) is 0 Å². The zero-order valence-corrected chi connectivity index (χ0v) is 15.5. The molecule has 0 spiro atoms. The lowest BCUT2D eigenvalue weighted by Gasteiger charge is -2.18. The van der Waals surface area contributed by atoms with Crippen LogP contribution >= 0.6 is 0 Å². The monoisotopic (exact) mass is 342 g/mol. The van der Waals surface area contributed by atoms with Crippen molar-refractivity contribution in [1.29, 1.82) is 0 Å². The van der Waals surface area contributed by atoms with Crippen LogP contribution in [0.1, 0.15) is 57.1 Å². The average Bonchev–Trinajstić information content (AvgIpc) is 3.25. The van der Waals surface area contributed by atoms with Crippen molar-refractivity contribution >= 4 is 5.91 Å². The van der Waals surface area contributed by atoms with Crippen LogP contribution in [0.5, 0.6) is 5.75 Å². The second kappa shape index (κ2) is 6.64. The van der Waals surface area contributed by atoms with Crippen molar-refractivity contribution in [2.75, 3.05) is 13.1 Å². The molecule has 1 atom stereocenters. The number of hydrogen-bond acceptors (Lipinski definition) is 3. The molecule has 0 bridgehead atoms. The van der Waals surface area contributed by atoms with E-state index < -0.39 is 0 Å². The molecule has 1 saturated carbocycles. The molecular formula is C21H30N2O2. The molecule has 3 aliphatic rings. The van der Waals surface area contributed by atoms with Crippen molar-refractivity contribution in [2.45, 2.75) is 70.6 Å². The molecule has 1 aliphatic carbocycles. The van der Waals surface area contributed by atoms with Crippen molar-refractivity contribution in [3.63, 3.8) is 0 Å². The number of hydrogen-bond donors (Lipinski definition) is 1. The van der Waals surface area contributed by atoms with Gasteiger partial charge < -0.3 is 10.1 Å². The van der Waals surface area contributed by atoms with Gasteiger partial charge in [0, 0.05) is 25.6 Å². The first-order valence-corrected chi connectivity index (χ1v) is 9.82. The highest BCUT2D eigenvalue weighted by Crippen LogP contribution is 2.35. The summed E-state index contributed by atoms with van der Waals surface area (Å²) in [5, 5.41) is 3.27. The highest BCUT2D eigenvalue weighted by Gasteiger charge is 2.32. The molecule has 4 nitrogen and oxygen atoms in total. The Morgan fingerprint density at radius 3 is 2.88 bits per heavy atom. The van der Waals surface area contributed by atoms with Gasteiger partial charge in [0.25, 0.3) is 0 Å². The number of fused-ring (bicyclic) bond motifs is 1. The standard InChI is InChI=1S/C21H30N2O2/c1-21(2)12-17-11-15(7-8-19(17)25-21)13-23-10-9-16(14-23)20(24)22-18-5-3-4-6-18/h7-8,11,16,18H,3-6,9-10,12-14H2,1-2H3,(H,22,24)/t16-/m1/s1. The van der Waals surface area contributed by atoms with Crippen molar-refractivity contribution in [3.8, 4) is 5.75 Å². The molecular weight excluding hydrogens is 312 g/mol. The maximum Gasteiger partial charge on any atom is 0.224 e. The fourth-order valence-electron chi connectivity index (χ4n) is 4.60. The molecule has 0 aromatic heterocycles. The van der Waals surface area contributed by atoms with Gasteiger partial charge in [0.2, 0.25) is 5.91 Å². The van der Waals surface area contributed by atoms with Crippen LogP contribution in [0.4, 0.5) is 0 Å². The summed E-state index contributed by atoms with van der Waals surface area (Å²) in [6.07, 6.45) is 6.81. The van der Waals surface area contributed by atoms with E-state index in [1.165, 1.54) is 24.0 Å². The first-order valence-electron chi connectivity index (χ1n) is 9.82. The summed E-state index contributed by atoms with van der Waals surface area (Å²) in [5.41, 5.74) is 2.56. The topological polar surface area (TPSA) is 41.6 Å². The van der Waals surface area contributed by atoms with Crippen LogP contribution in [0.25, 0.3) is 0 Å². The van der Waals surface area contributed by atoms with E-state index in [4.69, 9.17) is 4.74 Å². The smallest absolute Gasteiger partial charge is 0.224 e. The third-order valence-electron chi connectivity index (χ3n) is 5.88. The molecule has 1 saturated heterocycles. The minimum Gasteiger partial charge on any atom is -0.487 e. The Balaban J connectivity index is 1.32. The summed E-state index contributed by atoms with van der Waals surface area (Å²) in [4.78, 5) is 14.9. The Kier molecular flexibility index (Phi) is 4.48. The number of carbonyl (C=O) groups is 1. The molecule has 2 heterocycles. The summed E-state index contributed by atoms with van der Waals surface area (Å²) in [5.74, 6) is 1.47. The first kappa shape index (κ1) is 16.9. The normalized spacial score (nSPS) is 25.8. The number of carbonyl (C=O) groups excluding carboxylic acids is 1. The first-order chi connectivity index (χ1) is 12.0. The van der Waals surface area contributed by atoms with E-state index in [0.29, 0.717) is 6.04 Å². The van der Waals surface area contributed by atoms with Gasteiger partial charge in [-0.1, -0.05) is 25.0 Å². The van der Waals surface area contributed by atoms with Crippen LogP contribution in [-0.2, 0) is 17.8 Å². The average molecular weight is 342 g/mol. The molecule has 136 valence electrons. The van der Waals surface area contributed by atoms with Crippen LogP contribution in [0.15, 0.2) is 18.2 Å². The van der Waals surface area contributed by atoms with Crippen LogP contribution in [0, 0.1) is 5.92 Å². The maximum atomic E-state index is 12.5. The van der Waals surface area contributed by atoms with Gasteiger partial charge in [-0.3, -0.25) is 9.69 Å². The number of nitrogens with one attached hydrogen (secondary N) is 1. The van der Waals surface area contributed by atoms with E-state index in [-0.39, 0.29) is 17.4 Å². The van der Waals surface area contributed by atoms with Gasteiger partial charge in [-0.2, -0.15) is 0 Å². The van der Waals surface area contributed by atoms with Crippen molar-refractivity contribution < 1.29 is 9.53 Å². The van der Waals surface area contributed by atoms with Gasteiger partial charge in [-0.15, -0.1) is 0 Å². The molecule has 1 amide bonds. The predicted octanol–water partition coefficient (Wildman–Crippen LogP) is 3.28. The largest absolute Gasteiger partial charge is 0.487 e. The van der Waals surface area contributed by atoms with E-state index >= 15 is 0 Å². The van der Waals surface area contributed by atoms with Crippen LogP contribution in [0.2, 0.25) is 0 Å². The second-order valence-electron chi connectivity index (χ2n) is 8.69. The number of amides is 1. The summed E-state index contributed by atoms with van der Waals surface area (Å²) < 4.78 is 5.96. The van der Waals surface area contributed by atoms with Crippen LogP contribution in [0.3, 0.4) is 0 Å². The molecule has 2 fully saturated rings. The summed E-state index contributed by atoms with van der Waals surface area (Å²) in [7, 11) is 0. The van der Waals surface area contributed by atoms with Crippen molar-refractivity contribution in [2.24, 2.45) is 5.92 Å². The fraction of sp³-hybridized carbons (Fsp3) is 0.667. The Hall–Kier alpha value is -1.55. The lowest BCUT2D eigenvalue weighted by atomic mass is 10.00. The Morgan fingerprint density at radius 1 is 1.28 bits per heavy atom. The molecule has 1 aromatic carbocycles. The molecule has 2 aliphatic heterocycles. The van der Waals surface area contributed by atoms with Crippen molar-refractivity contribution in [3.05, 3.63) is 29.3 Å². The van der Waals surface area contributed by atoms with Crippen LogP contribution in [-0.4, -0.2) is 35.5 Å². The van der Waals surface area contributed by atoms with Gasteiger partial charge in [-0.05, 0) is 56.8 Å². The Morgan fingerprint density at radius 2 is 2.08 bits per heavy atom. The summed E-state index contributed by atoms with van der Waals surface area (Å²) >= 11 is 0. The zero-order chi connectivity index (χ0) is 17.4. The lowest BCUT2D eigenvalue weighted by Crippen LogP contribution is -2.38.